The van der Waals surface area contributed by atoms with E-state index in [4.69, 9.17) is 16.9 Å². The van der Waals surface area contributed by atoms with Gasteiger partial charge in [0.1, 0.15) is 0 Å². The number of carbonyl (C=O) groups is 2. The molecule has 0 aliphatic rings. The van der Waals surface area contributed by atoms with Gasteiger partial charge in [0, 0.05) is 29.0 Å². The minimum absolute atomic E-state index is 0.0948. The number of nitrogens with zero attached hydrogens (tertiary/aromatic N) is 1. The van der Waals surface area contributed by atoms with Crippen molar-refractivity contribution in [2.45, 2.75) is 39.2 Å². The Bertz CT molecular complexity index is 534. The van der Waals surface area contributed by atoms with Crippen LogP contribution in [0.4, 0.5) is 0 Å². The monoisotopic (exact) mass is 306 g/mol. The van der Waals surface area contributed by atoms with Crippen LogP contribution in [0, 0.1) is 17.2 Å². The summed E-state index contributed by atoms with van der Waals surface area (Å²) in [6.45, 7) is 3.62. The molecule has 0 bridgehead atoms. The number of rotatable bonds is 7. The highest BCUT2D eigenvalue weighted by Crippen LogP contribution is 2.14. The average Bonchev–Trinajstić information content (AvgIpc) is 2.47. The van der Waals surface area contributed by atoms with Gasteiger partial charge in [0.05, 0.1) is 12.5 Å². The third-order valence-electron chi connectivity index (χ3n) is 3.28. The Morgan fingerprint density at radius 1 is 1.33 bits per heavy atom. The van der Waals surface area contributed by atoms with E-state index in [1.165, 1.54) is 0 Å². The Morgan fingerprint density at radius 3 is 2.48 bits per heavy atom. The number of amides is 1. The Morgan fingerprint density at radius 2 is 1.95 bits per heavy atom. The molecule has 0 saturated heterocycles. The summed E-state index contributed by atoms with van der Waals surface area (Å²) in [4.78, 5) is 24.1. The summed E-state index contributed by atoms with van der Waals surface area (Å²) < 4.78 is 0. The number of Topliss-reactive ketones (excluding diaryl/α,β-unsaturated/α-hetero) is 1. The third kappa shape index (κ3) is 5.57. The van der Waals surface area contributed by atoms with E-state index in [1.807, 2.05) is 13.0 Å². The fourth-order valence-corrected chi connectivity index (χ4v) is 2.00. The maximum absolute atomic E-state index is 12.1. The van der Waals surface area contributed by atoms with Crippen LogP contribution >= 0.6 is 11.6 Å². The van der Waals surface area contributed by atoms with Gasteiger partial charge in [-0.2, -0.15) is 5.26 Å². The molecular weight excluding hydrogens is 288 g/mol. The number of carbonyl (C=O) groups excluding carboxylic acids is 2. The fraction of sp³-hybridized carbons (Fsp3) is 0.438. The lowest BCUT2D eigenvalue weighted by atomic mass is 9.98. The van der Waals surface area contributed by atoms with E-state index >= 15 is 0 Å². The quantitative estimate of drug-likeness (QED) is 0.785. The summed E-state index contributed by atoms with van der Waals surface area (Å²) in [7, 11) is 0. The molecule has 2 atom stereocenters. The van der Waals surface area contributed by atoms with Gasteiger partial charge in [0.25, 0.3) is 0 Å². The van der Waals surface area contributed by atoms with Crippen molar-refractivity contribution >= 4 is 23.3 Å². The van der Waals surface area contributed by atoms with E-state index in [-0.39, 0.29) is 30.6 Å². The van der Waals surface area contributed by atoms with Crippen LogP contribution < -0.4 is 5.32 Å². The topological polar surface area (TPSA) is 70.0 Å². The predicted octanol–water partition coefficient (Wildman–Crippen LogP) is 3.36. The highest BCUT2D eigenvalue weighted by molar-refractivity contribution is 6.30. The smallest absolute Gasteiger partial charge is 0.223 e. The largest absolute Gasteiger partial charge is 0.352 e. The van der Waals surface area contributed by atoms with Gasteiger partial charge in [-0.3, -0.25) is 9.59 Å². The van der Waals surface area contributed by atoms with Crippen molar-refractivity contribution in [3.8, 4) is 6.07 Å². The van der Waals surface area contributed by atoms with Gasteiger partial charge < -0.3 is 5.32 Å². The molecule has 1 rings (SSSR count). The maximum Gasteiger partial charge on any atom is 0.223 e. The Hall–Kier alpha value is -1.86. The second kappa shape index (κ2) is 8.43. The molecule has 1 aromatic carbocycles. The first-order valence-corrected chi connectivity index (χ1v) is 7.31. The van der Waals surface area contributed by atoms with E-state index in [0.717, 1.165) is 0 Å². The van der Waals surface area contributed by atoms with E-state index in [0.29, 0.717) is 17.0 Å². The lowest BCUT2D eigenvalue weighted by Gasteiger charge is -2.17. The Kier molecular flexibility index (Phi) is 6.90. The molecule has 5 heteroatoms. The van der Waals surface area contributed by atoms with E-state index in [1.54, 1.807) is 31.2 Å². The molecule has 1 amide bonds. The Labute approximate surface area is 130 Å². The number of ketones is 1. The molecule has 0 spiro atoms. The standard InChI is InChI=1S/C16H19ClN2O2/c1-3-14(8-9-18)19-16(21)11(2)10-15(20)12-4-6-13(17)7-5-12/h4-7,11,14H,3,8,10H2,1-2H3,(H,19,21). The lowest BCUT2D eigenvalue weighted by molar-refractivity contribution is -0.125. The fourth-order valence-electron chi connectivity index (χ4n) is 1.88. The molecule has 21 heavy (non-hydrogen) atoms. The lowest BCUT2D eigenvalue weighted by Crippen LogP contribution is -2.38. The highest BCUT2D eigenvalue weighted by atomic mass is 35.5. The van der Waals surface area contributed by atoms with Gasteiger partial charge in [-0.25, -0.2) is 0 Å². The first-order chi connectivity index (χ1) is 9.97. The molecule has 0 saturated carbocycles. The molecule has 1 N–H and O–H groups in total. The van der Waals surface area contributed by atoms with Gasteiger partial charge >= 0.3 is 0 Å². The summed E-state index contributed by atoms with van der Waals surface area (Å²) >= 11 is 5.77. The van der Waals surface area contributed by atoms with Crippen LogP contribution in [0.1, 0.15) is 43.5 Å². The zero-order valence-corrected chi connectivity index (χ0v) is 13.0. The van der Waals surface area contributed by atoms with Crippen molar-refractivity contribution in [2.24, 2.45) is 5.92 Å². The van der Waals surface area contributed by atoms with Gasteiger partial charge in [-0.1, -0.05) is 25.4 Å². The van der Waals surface area contributed by atoms with Crippen molar-refractivity contribution in [1.82, 2.24) is 5.32 Å². The zero-order chi connectivity index (χ0) is 15.8. The summed E-state index contributed by atoms with van der Waals surface area (Å²) in [5.74, 6) is -0.719. The number of hydrogen-bond acceptors (Lipinski definition) is 3. The second-order valence-electron chi connectivity index (χ2n) is 5.01. The molecule has 0 fully saturated rings. The van der Waals surface area contributed by atoms with E-state index in [9.17, 15) is 9.59 Å². The first kappa shape index (κ1) is 17.2. The van der Waals surface area contributed by atoms with Crippen LogP contribution in [0.25, 0.3) is 0 Å². The molecule has 2 unspecified atom stereocenters. The van der Waals surface area contributed by atoms with Crippen molar-refractivity contribution in [3.63, 3.8) is 0 Å². The number of benzene rings is 1. The molecule has 0 aliphatic heterocycles. The summed E-state index contributed by atoms with van der Waals surface area (Å²) in [5.41, 5.74) is 0.545. The molecule has 0 aromatic heterocycles. The van der Waals surface area contributed by atoms with Crippen molar-refractivity contribution in [3.05, 3.63) is 34.9 Å². The van der Waals surface area contributed by atoms with Crippen LogP contribution in [0.3, 0.4) is 0 Å². The highest BCUT2D eigenvalue weighted by Gasteiger charge is 2.20. The van der Waals surface area contributed by atoms with Crippen LogP contribution in [-0.4, -0.2) is 17.7 Å². The van der Waals surface area contributed by atoms with Crippen molar-refractivity contribution in [2.75, 3.05) is 0 Å². The Balaban J connectivity index is 2.57. The number of halogens is 1. The first-order valence-electron chi connectivity index (χ1n) is 6.94. The minimum atomic E-state index is -0.430. The third-order valence-corrected chi connectivity index (χ3v) is 3.53. The second-order valence-corrected chi connectivity index (χ2v) is 5.45. The summed E-state index contributed by atoms with van der Waals surface area (Å²) in [6.07, 6.45) is 1.10. The maximum atomic E-state index is 12.1. The van der Waals surface area contributed by atoms with Crippen LogP contribution in [0.2, 0.25) is 5.02 Å². The summed E-state index contributed by atoms with van der Waals surface area (Å²) in [6, 6.07) is 8.49. The normalized spacial score (nSPS) is 13.0. The van der Waals surface area contributed by atoms with Gasteiger partial charge in [0.15, 0.2) is 5.78 Å². The molecule has 1 aromatic rings. The molecule has 0 heterocycles. The molecule has 4 nitrogen and oxygen atoms in total. The van der Waals surface area contributed by atoms with Crippen molar-refractivity contribution in [1.29, 1.82) is 5.26 Å². The molecule has 0 radical (unpaired) electrons. The van der Waals surface area contributed by atoms with E-state index < -0.39 is 5.92 Å². The molecule has 0 aliphatic carbocycles. The number of nitrogens with one attached hydrogen (secondary N) is 1. The van der Waals surface area contributed by atoms with Crippen LogP contribution in [-0.2, 0) is 4.79 Å². The molecular formula is C16H19ClN2O2. The number of hydrogen-bond donors (Lipinski definition) is 1. The zero-order valence-electron chi connectivity index (χ0n) is 12.2. The van der Waals surface area contributed by atoms with Crippen LogP contribution in [0.5, 0.6) is 0 Å². The summed E-state index contributed by atoms with van der Waals surface area (Å²) in [5, 5.41) is 12.0. The van der Waals surface area contributed by atoms with Crippen molar-refractivity contribution < 1.29 is 9.59 Å². The SMILES string of the molecule is CCC(CC#N)NC(=O)C(C)CC(=O)c1ccc(Cl)cc1. The molecule has 112 valence electrons. The minimum Gasteiger partial charge on any atom is -0.352 e. The van der Waals surface area contributed by atoms with Gasteiger partial charge in [-0.05, 0) is 30.7 Å². The van der Waals surface area contributed by atoms with Crippen LogP contribution in [0.15, 0.2) is 24.3 Å². The number of nitriles is 1. The predicted molar refractivity (Wildman–Crippen MR) is 82.0 cm³/mol. The van der Waals surface area contributed by atoms with E-state index in [2.05, 4.69) is 5.32 Å². The van der Waals surface area contributed by atoms with Gasteiger partial charge in [0.2, 0.25) is 5.91 Å². The van der Waals surface area contributed by atoms with Gasteiger partial charge in [-0.15, -0.1) is 0 Å². The average molecular weight is 307 g/mol.